The van der Waals surface area contributed by atoms with E-state index in [-0.39, 0.29) is 11.9 Å². The van der Waals surface area contributed by atoms with Crippen LogP contribution in [-0.2, 0) is 6.54 Å². The number of nitrogens with zero attached hydrogens (tertiary/aromatic N) is 1. The fraction of sp³-hybridized carbons (Fsp3) is 0.250. The van der Waals surface area contributed by atoms with Crippen LogP contribution in [0.1, 0.15) is 24.1 Å². The standard InChI is InChI=1S/C16H18BrFN2/c1-11(13-5-3-4-6-15(13)18)20(2)16-8-7-12(10-19)9-14(16)17/h3-9,11H,10,19H2,1-2H3. The molecule has 0 aliphatic carbocycles. The van der Waals surface area contributed by atoms with Crippen molar-refractivity contribution in [3.8, 4) is 0 Å². The van der Waals surface area contributed by atoms with Crippen LogP contribution in [0.25, 0.3) is 0 Å². The van der Waals surface area contributed by atoms with Crippen LogP contribution in [0.5, 0.6) is 0 Å². The summed E-state index contributed by atoms with van der Waals surface area (Å²) < 4.78 is 14.8. The number of hydrogen-bond acceptors (Lipinski definition) is 2. The van der Waals surface area contributed by atoms with Gasteiger partial charge in [0.05, 0.1) is 11.7 Å². The van der Waals surface area contributed by atoms with E-state index >= 15 is 0 Å². The van der Waals surface area contributed by atoms with E-state index < -0.39 is 0 Å². The van der Waals surface area contributed by atoms with Crippen molar-refractivity contribution in [3.63, 3.8) is 0 Å². The summed E-state index contributed by atoms with van der Waals surface area (Å²) in [6.45, 7) is 2.49. The fourth-order valence-electron chi connectivity index (χ4n) is 2.19. The Balaban J connectivity index is 2.31. The molecule has 0 heterocycles. The van der Waals surface area contributed by atoms with E-state index in [0.29, 0.717) is 12.1 Å². The zero-order valence-electron chi connectivity index (χ0n) is 11.6. The van der Waals surface area contributed by atoms with Gasteiger partial charge in [-0.15, -0.1) is 0 Å². The molecule has 1 atom stereocenters. The highest BCUT2D eigenvalue weighted by Crippen LogP contribution is 2.32. The van der Waals surface area contributed by atoms with Crippen molar-refractivity contribution in [2.24, 2.45) is 5.73 Å². The maximum absolute atomic E-state index is 13.9. The van der Waals surface area contributed by atoms with Gasteiger partial charge in [0, 0.05) is 23.6 Å². The van der Waals surface area contributed by atoms with Crippen LogP contribution in [-0.4, -0.2) is 7.05 Å². The summed E-state index contributed by atoms with van der Waals surface area (Å²) in [7, 11) is 1.96. The molecule has 20 heavy (non-hydrogen) atoms. The second-order valence-electron chi connectivity index (χ2n) is 4.80. The summed E-state index contributed by atoms with van der Waals surface area (Å²) in [5.41, 5.74) is 8.39. The summed E-state index contributed by atoms with van der Waals surface area (Å²) >= 11 is 3.56. The van der Waals surface area contributed by atoms with E-state index in [9.17, 15) is 4.39 Å². The third kappa shape index (κ3) is 3.02. The fourth-order valence-corrected chi connectivity index (χ4v) is 2.90. The molecule has 0 bridgehead atoms. The molecule has 2 rings (SSSR count). The lowest BCUT2D eigenvalue weighted by Crippen LogP contribution is -2.23. The molecule has 2 N–H and O–H groups in total. The minimum Gasteiger partial charge on any atom is -0.367 e. The van der Waals surface area contributed by atoms with Crippen LogP contribution >= 0.6 is 15.9 Å². The molecule has 2 aromatic rings. The van der Waals surface area contributed by atoms with Crippen molar-refractivity contribution in [1.29, 1.82) is 0 Å². The number of rotatable bonds is 4. The largest absolute Gasteiger partial charge is 0.367 e. The van der Waals surface area contributed by atoms with E-state index in [1.165, 1.54) is 6.07 Å². The molecular formula is C16H18BrFN2. The van der Waals surface area contributed by atoms with E-state index in [1.54, 1.807) is 6.07 Å². The molecular weight excluding hydrogens is 319 g/mol. The first kappa shape index (κ1) is 15.0. The predicted octanol–water partition coefficient (Wildman–Crippen LogP) is 4.24. The Labute approximate surface area is 127 Å². The van der Waals surface area contributed by atoms with Gasteiger partial charge in [-0.25, -0.2) is 4.39 Å². The molecule has 1 unspecified atom stereocenters. The van der Waals surface area contributed by atoms with Crippen LogP contribution in [0, 0.1) is 5.82 Å². The summed E-state index contributed by atoms with van der Waals surface area (Å²) in [4.78, 5) is 2.04. The topological polar surface area (TPSA) is 29.3 Å². The van der Waals surface area contributed by atoms with E-state index in [4.69, 9.17) is 5.73 Å². The van der Waals surface area contributed by atoms with Gasteiger partial charge in [-0.3, -0.25) is 0 Å². The minimum atomic E-state index is -0.179. The Morgan fingerprint density at radius 1 is 1.25 bits per heavy atom. The van der Waals surface area contributed by atoms with E-state index in [2.05, 4.69) is 15.9 Å². The summed E-state index contributed by atoms with van der Waals surface area (Å²) in [6.07, 6.45) is 0. The zero-order chi connectivity index (χ0) is 14.7. The van der Waals surface area contributed by atoms with Crippen LogP contribution in [0.3, 0.4) is 0 Å². The van der Waals surface area contributed by atoms with Gasteiger partial charge in [0.2, 0.25) is 0 Å². The van der Waals surface area contributed by atoms with E-state index in [0.717, 1.165) is 15.7 Å². The molecule has 2 aromatic carbocycles. The van der Waals surface area contributed by atoms with Crippen molar-refractivity contribution < 1.29 is 4.39 Å². The highest BCUT2D eigenvalue weighted by Gasteiger charge is 2.17. The van der Waals surface area contributed by atoms with Gasteiger partial charge in [0.1, 0.15) is 5.82 Å². The molecule has 0 radical (unpaired) electrons. The van der Waals surface area contributed by atoms with E-state index in [1.807, 2.05) is 49.2 Å². The molecule has 0 aromatic heterocycles. The van der Waals surface area contributed by atoms with Gasteiger partial charge in [-0.05, 0) is 46.6 Å². The summed E-state index contributed by atoms with van der Waals surface area (Å²) in [6, 6.07) is 12.8. The molecule has 4 heteroatoms. The maximum atomic E-state index is 13.9. The van der Waals surface area contributed by atoms with Crippen LogP contribution in [0.4, 0.5) is 10.1 Å². The van der Waals surface area contributed by atoms with Gasteiger partial charge in [0.25, 0.3) is 0 Å². The lowest BCUT2D eigenvalue weighted by atomic mass is 10.1. The Morgan fingerprint density at radius 2 is 1.95 bits per heavy atom. The molecule has 0 spiro atoms. The second-order valence-corrected chi connectivity index (χ2v) is 5.65. The zero-order valence-corrected chi connectivity index (χ0v) is 13.2. The quantitative estimate of drug-likeness (QED) is 0.904. The smallest absolute Gasteiger partial charge is 0.128 e. The van der Waals surface area contributed by atoms with Crippen molar-refractivity contribution in [1.82, 2.24) is 0 Å². The lowest BCUT2D eigenvalue weighted by Gasteiger charge is -2.28. The van der Waals surface area contributed by atoms with Crippen LogP contribution < -0.4 is 10.6 Å². The first-order valence-electron chi connectivity index (χ1n) is 6.50. The molecule has 0 aliphatic rings. The Bertz CT molecular complexity index is 601. The number of halogens is 2. The van der Waals surface area contributed by atoms with Gasteiger partial charge < -0.3 is 10.6 Å². The van der Waals surface area contributed by atoms with Crippen LogP contribution in [0.2, 0.25) is 0 Å². The predicted molar refractivity (Wildman–Crippen MR) is 85.3 cm³/mol. The van der Waals surface area contributed by atoms with Gasteiger partial charge in [-0.1, -0.05) is 24.3 Å². The normalized spacial score (nSPS) is 12.2. The maximum Gasteiger partial charge on any atom is 0.128 e. The van der Waals surface area contributed by atoms with Crippen molar-refractivity contribution in [2.75, 3.05) is 11.9 Å². The molecule has 0 saturated heterocycles. The molecule has 0 amide bonds. The lowest BCUT2D eigenvalue weighted by molar-refractivity contribution is 0.585. The average Bonchev–Trinajstić information content (AvgIpc) is 2.46. The Kier molecular flexibility index (Phi) is 4.78. The molecule has 0 saturated carbocycles. The van der Waals surface area contributed by atoms with Gasteiger partial charge in [-0.2, -0.15) is 0 Å². The molecule has 0 fully saturated rings. The SMILES string of the molecule is CC(c1ccccc1F)N(C)c1ccc(CN)cc1Br. The molecule has 0 aliphatic heterocycles. The number of benzene rings is 2. The van der Waals surface area contributed by atoms with Crippen molar-refractivity contribution in [2.45, 2.75) is 19.5 Å². The number of nitrogens with two attached hydrogens (primary N) is 1. The Hall–Kier alpha value is -1.39. The van der Waals surface area contributed by atoms with Crippen LogP contribution in [0.15, 0.2) is 46.9 Å². The van der Waals surface area contributed by atoms with Crippen molar-refractivity contribution in [3.05, 3.63) is 63.9 Å². The number of anilines is 1. The average molecular weight is 337 g/mol. The summed E-state index contributed by atoms with van der Waals surface area (Å²) in [5, 5.41) is 0. The first-order chi connectivity index (χ1) is 9.54. The van der Waals surface area contributed by atoms with Gasteiger partial charge in [0.15, 0.2) is 0 Å². The minimum absolute atomic E-state index is 0.0590. The third-order valence-corrected chi connectivity index (χ3v) is 4.20. The first-order valence-corrected chi connectivity index (χ1v) is 7.29. The summed E-state index contributed by atoms with van der Waals surface area (Å²) in [5.74, 6) is -0.179. The molecule has 106 valence electrons. The Morgan fingerprint density at radius 3 is 2.55 bits per heavy atom. The highest BCUT2D eigenvalue weighted by molar-refractivity contribution is 9.10. The number of hydrogen-bond donors (Lipinski definition) is 1. The highest BCUT2D eigenvalue weighted by atomic mass is 79.9. The third-order valence-electron chi connectivity index (χ3n) is 3.56. The molecule has 2 nitrogen and oxygen atoms in total. The van der Waals surface area contributed by atoms with Gasteiger partial charge >= 0.3 is 0 Å². The monoisotopic (exact) mass is 336 g/mol. The van der Waals surface area contributed by atoms with Crippen molar-refractivity contribution >= 4 is 21.6 Å². The second kappa shape index (κ2) is 6.37.